The molecule has 30 heavy (non-hydrogen) atoms. The summed E-state index contributed by atoms with van der Waals surface area (Å²) in [7, 11) is 0. The Balaban J connectivity index is 1.37. The van der Waals surface area contributed by atoms with E-state index < -0.39 is 0 Å². The van der Waals surface area contributed by atoms with Gasteiger partial charge >= 0.3 is 0 Å². The summed E-state index contributed by atoms with van der Waals surface area (Å²) in [6.07, 6.45) is 6.29. The van der Waals surface area contributed by atoms with Crippen molar-refractivity contribution in [2.24, 2.45) is 5.92 Å². The highest BCUT2D eigenvalue weighted by molar-refractivity contribution is 7.09. The summed E-state index contributed by atoms with van der Waals surface area (Å²) in [5.41, 5.74) is 1.09. The fourth-order valence-electron chi connectivity index (χ4n) is 3.64. The number of nitrogens with one attached hydrogen (secondary N) is 3. The maximum Gasteiger partial charge on any atom is 0.251 e. The average molecular weight is 428 g/mol. The topological polar surface area (TPSA) is 87.3 Å². The van der Waals surface area contributed by atoms with Crippen LogP contribution in [0.5, 0.6) is 0 Å². The van der Waals surface area contributed by atoms with Gasteiger partial charge in [-0.15, -0.1) is 11.3 Å². The molecule has 1 aromatic heterocycles. The van der Waals surface area contributed by atoms with Gasteiger partial charge in [-0.2, -0.15) is 0 Å². The lowest BCUT2D eigenvalue weighted by Crippen LogP contribution is -2.37. The highest BCUT2D eigenvalue weighted by Crippen LogP contribution is 2.24. The van der Waals surface area contributed by atoms with Gasteiger partial charge in [0.15, 0.2) is 0 Å². The summed E-state index contributed by atoms with van der Waals surface area (Å²) in [6.45, 7) is 0.790. The molecular weight excluding hydrogens is 398 g/mol. The lowest BCUT2D eigenvalue weighted by molar-refractivity contribution is -0.124. The fourth-order valence-corrected chi connectivity index (χ4v) is 4.39. The quantitative estimate of drug-likeness (QED) is 0.505. The number of hydrogen-bond donors (Lipinski definition) is 3. The van der Waals surface area contributed by atoms with Crippen molar-refractivity contribution in [1.29, 1.82) is 0 Å². The lowest BCUT2D eigenvalue weighted by atomic mass is 10.1. The lowest BCUT2D eigenvalue weighted by Gasteiger charge is -2.11. The number of benzene rings is 1. The molecule has 2 aromatic rings. The van der Waals surface area contributed by atoms with Crippen LogP contribution in [0.4, 0.5) is 5.69 Å². The molecule has 6 nitrogen and oxygen atoms in total. The molecule has 0 bridgehead atoms. The Bertz CT molecular complexity index is 845. The van der Waals surface area contributed by atoms with E-state index in [0.717, 1.165) is 38.5 Å². The van der Waals surface area contributed by atoms with E-state index in [4.69, 9.17) is 0 Å². The Kier molecular flexibility index (Phi) is 8.44. The summed E-state index contributed by atoms with van der Waals surface area (Å²) < 4.78 is 0. The van der Waals surface area contributed by atoms with E-state index in [0.29, 0.717) is 30.8 Å². The molecule has 0 saturated heterocycles. The van der Waals surface area contributed by atoms with Gasteiger partial charge in [0.1, 0.15) is 0 Å². The summed E-state index contributed by atoms with van der Waals surface area (Å²) in [6, 6.07) is 11.0. The van der Waals surface area contributed by atoms with Crippen LogP contribution in [0.25, 0.3) is 0 Å². The first-order valence-corrected chi connectivity index (χ1v) is 11.5. The van der Waals surface area contributed by atoms with Crippen molar-refractivity contribution in [3.63, 3.8) is 0 Å². The zero-order valence-electron chi connectivity index (χ0n) is 17.1. The van der Waals surface area contributed by atoms with Gasteiger partial charge in [0.25, 0.3) is 5.91 Å². The molecule has 1 aliphatic carbocycles. The summed E-state index contributed by atoms with van der Waals surface area (Å²) in [5, 5.41) is 10.6. The van der Waals surface area contributed by atoms with E-state index in [9.17, 15) is 14.4 Å². The van der Waals surface area contributed by atoms with E-state index in [1.807, 2.05) is 11.4 Å². The maximum absolute atomic E-state index is 12.4. The van der Waals surface area contributed by atoms with E-state index in [1.165, 1.54) is 4.88 Å². The van der Waals surface area contributed by atoms with Crippen molar-refractivity contribution in [2.45, 2.75) is 44.9 Å². The van der Waals surface area contributed by atoms with Gasteiger partial charge in [-0.1, -0.05) is 25.0 Å². The van der Waals surface area contributed by atoms with Crippen molar-refractivity contribution in [3.05, 3.63) is 52.2 Å². The third kappa shape index (κ3) is 6.99. The number of anilines is 1. The highest BCUT2D eigenvalue weighted by atomic mass is 32.1. The SMILES string of the molecule is O=C(CCCc1cccs1)Nc1cccc(C(=O)NCCNC(=O)C2CCCC2)c1. The van der Waals surface area contributed by atoms with Gasteiger partial charge in [0.2, 0.25) is 11.8 Å². The van der Waals surface area contributed by atoms with Crippen LogP contribution in [-0.4, -0.2) is 30.8 Å². The summed E-state index contributed by atoms with van der Waals surface area (Å²) in [5.74, 6) is -0.0607. The molecule has 1 aliphatic rings. The van der Waals surface area contributed by atoms with Crippen LogP contribution in [0.15, 0.2) is 41.8 Å². The summed E-state index contributed by atoms with van der Waals surface area (Å²) in [4.78, 5) is 37.8. The zero-order chi connectivity index (χ0) is 21.2. The molecule has 1 fully saturated rings. The minimum Gasteiger partial charge on any atom is -0.354 e. The Morgan fingerprint density at radius 1 is 1.00 bits per heavy atom. The third-order valence-corrected chi connectivity index (χ3v) is 6.19. The molecule has 1 aromatic carbocycles. The molecule has 160 valence electrons. The number of carbonyl (C=O) groups excluding carboxylic acids is 3. The van der Waals surface area contributed by atoms with Gasteiger partial charge in [-0.3, -0.25) is 14.4 Å². The highest BCUT2D eigenvalue weighted by Gasteiger charge is 2.21. The molecule has 0 atom stereocenters. The molecule has 0 aliphatic heterocycles. The number of aryl methyl sites for hydroxylation is 1. The Hall–Kier alpha value is -2.67. The largest absolute Gasteiger partial charge is 0.354 e. The standard InChI is InChI=1S/C23H29N3O3S/c27-21(12-4-10-20-11-5-15-30-20)26-19-9-3-8-18(16-19)23(29)25-14-13-24-22(28)17-6-1-2-7-17/h3,5,8-9,11,15-17H,1-2,4,6-7,10,12-14H2,(H,24,28)(H,25,29)(H,26,27). The normalized spacial score (nSPS) is 13.7. The van der Waals surface area contributed by atoms with Crippen LogP contribution >= 0.6 is 11.3 Å². The zero-order valence-corrected chi connectivity index (χ0v) is 17.9. The average Bonchev–Trinajstić information content (AvgIpc) is 3.45. The molecular formula is C23H29N3O3S. The molecule has 0 radical (unpaired) electrons. The molecule has 7 heteroatoms. The number of carbonyl (C=O) groups is 3. The van der Waals surface area contributed by atoms with Crippen molar-refractivity contribution in [2.75, 3.05) is 18.4 Å². The molecule has 1 saturated carbocycles. The van der Waals surface area contributed by atoms with Gasteiger partial charge in [-0.05, 0) is 55.3 Å². The van der Waals surface area contributed by atoms with Gasteiger partial charge in [0.05, 0.1) is 0 Å². The van der Waals surface area contributed by atoms with Crippen LogP contribution in [0, 0.1) is 5.92 Å². The second-order valence-corrected chi connectivity index (χ2v) is 8.62. The number of amides is 3. The number of rotatable bonds is 10. The predicted molar refractivity (Wildman–Crippen MR) is 120 cm³/mol. The second kappa shape index (κ2) is 11.5. The predicted octanol–water partition coefficient (Wildman–Crippen LogP) is 3.75. The third-order valence-electron chi connectivity index (χ3n) is 5.25. The maximum atomic E-state index is 12.4. The van der Waals surface area contributed by atoms with E-state index in [2.05, 4.69) is 22.0 Å². The van der Waals surface area contributed by atoms with Crippen molar-refractivity contribution in [3.8, 4) is 0 Å². The molecule has 3 rings (SSSR count). The first-order valence-electron chi connectivity index (χ1n) is 10.6. The van der Waals surface area contributed by atoms with Gasteiger partial charge < -0.3 is 16.0 Å². The van der Waals surface area contributed by atoms with Crippen molar-refractivity contribution in [1.82, 2.24) is 10.6 Å². The molecule has 3 N–H and O–H groups in total. The molecule has 1 heterocycles. The van der Waals surface area contributed by atoms with Crippen molar-refractivity contribution < 1.29 is 14.4 Å². The number of hydrogen-bond acceptors (Lipinski definition) is 4. The Morgan fingerprint density at radius 2 is 1.80 bits per heavy atom. The monoisotopic (exact) mass is 427 g/mol. The molecule has 0 unspecified atom stereocenters. The minimum atomic E-state index is -0.223. The minimum absolute atomic E-state index is 0.0567. The summed E-state index contributed by atoms with van der Waals surface area (Å²) >= 11 is 1.70. The Labute approximate surface area is 181 Å². The van der Waals surface area contributed by atoms with Gasteiger partial charge in [0, 0.05) is 41.6 Å². The van der Waals surface area contributed by atoms with E-state index >= 15 is 0 Å². The number of thiophene rings is 1. The smallest absolute Gasteiger partial charge is 0.251 e. The molecule has 0 spiro atoms. The first kappa shape index (κ1) is 22.0. The molecule has 3 amide bonds. The first-order chi connectivity index (χ1) is 14.6. The fraction of sp³-hybridized carbons (Fsp3) is 0.435. The van der Waals surface area contributed by atoms with Crippen LogP contribution in [0.3, 0.4) is 0 Å². The van der Waals surface area contributed by atoms with E-state index in [-0.39, 0.29) is 23.6 Å². The van der Waals surface area contributed by atoms with E-state index in [1.54, 1.807) is 35.6 Å². The van der Waals surface area contributed by atoms with Gasteiger partial charge in [-0.25, -0.2) is 0 Å². The van der Waals surface area contributed by atoms with Crippen LogP contribution < -0.4 is 16.0 Å². The van der Waals surface area contributed by atoms with Crippen LogP contribution in [0.1, 0.15) is 53.8 Å². The van der Waals surface area contributed by atoms with Crippen molar-refractivity contribution >= 4 is 34.7 Å². The van der Waals surface area contributed by atoms with Crippen LogP contribution in [0.2, 0.25) is 0 Å². The second-order valence-electron chi connectivity index (χ2n) is 7.59. The van der Waals surface area contributed by atoms with Crippen LogP contribution in [-0.2, 0) is 16.0 Å². The Morgan fingerprint density at radius 3 is 2.57 bits per heavy atom.